The third kappa shape index (κ3) is 2.93. The van der Waals surface area contributed by atoms with Crippen molar-refractivity contribution in [3.8, 4) is 0 Å². The summed E-state index contributed by atoms with van der Waals surface area (Å²) in [6.07, 6.45) is 0. The molecule has 0 fully saturated rings. The number of aryl methyl sites for hydroxylation is 1. The van der Waals surface area contributed by atoms with Crippen LogP contribution in [0.4, 0.5) is 10.1 Å². The van der Waals surface area contributed by atoms with Crippen LogP contribution < -0.4 is 4.72 Å². The van der Waals surface area contributed by atoms with Crippen LogP contribution in [-0.2, 0) is 10.0 Å². The van der Waals surface area contributed by atoms with Crippen LogP contribution >= 0.6 is 0 Å². The van der Waals surface area contributed by atoms with E-state index in [1.165, 1.54) is 19.1 Å². The molecule has 0 aliphatic rings. The second-order valence-electron chi connectivity index (χ2n) is 3.62. The SMILES string of the molecule is Cc1ccc(NS(=O)(=O)C(C)CO)c(F)c1. The molecule has 0 saturated heterocycles. The van der Waals surface area contributed by atoms with Gasteiger partial charge in [0.25, 0.3) is 0 Å². The molecule has 1 aromatic carbocycles. The number of aliphatic hydroxyl groups excluding tert-OH is 1. The van der Waals surface area contributed by atoms with E-state index in [9.17, 15) is 12.8 Å². The zero-order valence-electron chi connectivity index (χ0n) is 9.07. The Bertz CT molecular complexity index is 473. The van der Waals surface area contributed by atoms with Crippen molar-refractivity contribution in [2.45, 2.75) is 19.1 Å². The normalized spacial score (nSPS) is 13.5. The molecule has 16 heavy (non-hydrogen) atoms. The fourth-order valence-electron chi connectivity index (χ4n) is 1.05. The lowest BCUT2D eigenvalue weighted by molar-refractivity contribution is 0.296. The highest BCUT2D eigenvalue weighted by Crippen LogP contribution is 2.17. The van der Waals surface area contributed by atoms with Crippen LogP contribution in [0.5, 0.6) is 0 Å². The number of nitrogens with one attached hydrogen (secondary N) is 1. The van der Waals surface area contributed by atoms with Gasteiger partial charge in [-0.1, -0.05) is 6.07 Å². The van der Waals surface area contributed by atoms with Crippen LogP contribution in [0.25, 0.3) is 0 Å². The van der Waals surface area contributed by atoms with E-state index in [-0.39, 0.29) is 5.69 Å². The molecule has 0 heterocycles. The maximum Gasteiger partial charge on any atom is 0.237 e. The van der Waals surface area contributed by atoms with Crippen LogP contribution in [0.2, 0.25) is 0 Å². The average molecular weight is 247 g/mol. The van der Waals surface area contributed by atoms with Crippen molar-refractivity contribution in [3.63, 3.8) is 0 Å². The topological polar surface area (TPSA) is 66.4 Å². The van der Waals surface area contributed by atoms with Gasteiger partial charge in [0, 0.05) is 0 Å². The van der Waals surface area contributed by atoms with Crippen LogP contribution in [0.15, 0.2) is 18.2 Å². The zero-order chi connectivity index (χ0) is 12.3. The first-order valence-electron chi connectivity index (χ1n) is 4.75. The van der Waals surface area contributed by atoms with Crippen molar-refractivity contribution >= 4 is 15.7 Å². The fourth-order valence-corrected chi connectivity index (χ4v) is 1.92. The molecule has 0 amide bonds. The summed E-state index contributed by atoms with van der Waals surface area (Å²) in [4.78, 5) is 0. The second-order valence-corrected chi connectivity index (χ2v) is 5.72. The van der Waals surface area contributed by atoms with Crippen molar-refractivity contribution in [2.24, 2.45) is 0 Å². The number of benzene rings is 1. The summed E-state index contributed by atoms with van der Waals surface area (Å²) >= 11 is 0. The molecule has 4 nitrogen and oxygen atoms in total. The minimum Gasteiger partial charge on any atom is -0.395 e. The van der Waals surface area contributed by atoms with E-state index in [1.807, 2.05) is 0 Å². The van der Waals surface area contributed by atoms with Gasteiger partial charge in [-0.2, -0.15) is 0 Å². The lowest BCUT2D eigenvalue weighted by atomic mass is 10.2. The summed E-state index contributed by atoms with van der Waals surface area (Å²) in [5.41, 5.74) is 0.599. The monoisotopic (exact) mass is 247 g/mol. The van der Waals surface area contributed by atoms with Crippen LogP contribution in [0.1, 0.15) is 12.5 Å². The molecule has 0 radical (unpaired) electrons. The molecule has 1 atom stereocenters. The highest BCUT2D eigenvalue weighted by atomic mass is 32.2. The van der Waals surface area contributed by atoms with Gasteiger partial charge in [-0.15, -0.1) is 0 Å². The predicted octanol–water partition coefficient (Wildman–Crippen LogP) is 1.26. The Kier molecular flexibility index (Phi) is 3.88. The summed E-state index contributed by atoms with van der Waals surface area (Å²) in [7, 11) is -3.74. The number of rotatable bonds is 4. The number of hydrogen-bond acceptors (Lipinski definition) is 3. The Morgan fingerprint density at radius 3 is 2.62 bits per heavy atom. The van der Waals surface area contributed by atoms with Crippen molar-refractivity contribution in [1.82, 2.24) is 0 Å². The molecule has 6 heteroatoms. The maximum atomic E-state index is 13.4. The molecule has 1 aromatic rings. The molecule has 1 unspecified atom stereocenters. The minimum atomic E-state index is -3.74. The second kappa shape index (κ2) is 4.80. The molecule has 0 aliphatic heterocycles. The highest BCUT2D eigenvalue weighted by Gasteiger charge is 2.20. The minimum absolute atomic E-state index is 0.106. The Hall–Kier alpha value is -1.14. The molecule has 0 saturated carbocycles. The van der Waals surface area contributed by atoms with Crippen molar-refractivity contribution in [2.75, 3.05) is 11.3 Å². The Balaban J connectivity index is 2.97. The number of anilines is 1. The molecular weight excluding hydrogens is 233 g/mol. The summed E-state index contributed by atoms with van der Waals surface area (Å²) in [6.45, 7) is 2.54. The number of hydrogen-bond donors (Lipinski definition) is 2. The lowest BCUT2D eigenvalue weighted by Gasteiger charge is -2.13. The molecule has 1 rings (SSSR count). The zero-order valence-corrected chi connectivity index (χ0v) is 9.88. The van der Waals surface area contributed by atoms with E-state index < -0.39 is 27.7 Å². The summed E-state index contributed by atoms with van der Waals surface area (Å²) in [6, 6.07) is 4.19. The maximum absolute atomic E-state index is 13.4. The molecule has 90 valence electrons. The molecule has 0 bridgehead atoms. The average Bonchev–Trinajstić information content (AvgIpc) is 2.21. The van der Waals surface area contributed by atoms with Gasteiger partial charge in [-0.05, 0) is 31.5 Å². The third-order valence-corrected chi connectivity index (χ3v) is 3.88. The van der Waals surface area contributed by atoms with Crippen molar-refractivity contribution < 1.29 is 17.9 Å². The number of aliphatic hydroxyl groups is 1. The Morgan fingerprint density at radius 1 is 1.50 bits per heavy atom. The van der Waals surface area contributed by atoms with Crippen molar-refractivity contribution in [1.29, 1.82) is 0 Å². The van der Waals surface area contributed by atoms with Gasteiger partial charge in [0.05, 0.1) is 12.3 Å². The Labute approximate surface area is 94.2 Å². The quantitative estimate of drug-likeness (QED) is 0.841. The molecule has 0 aromatic heterocycles. The number of sulfonamides is 1. The third-order valence-electron chi connectivity index (χ3n) is 2.16. The van der Waals surface area contributed by atoms with Gasteiger partial charge >= 0.3 is 0 Å². The van der Waals surface area contributed by atoms with E-state index in [0.717, 1.165) is 0 Å². The molecule has 0 spiro atoms. The standard InChI is InChI=1S/C10H14FNO3S/c1-7-3-4-10(9(11)5-7)12-16(14,15)8(2)6-13/h3-5,8,12-13H,6H2,1-2H3. The summed E-state index contributed by atoms with van der Waals surface area (Å²) in [5, 5.41) is 7.77. The van der Waals surface area contributed by atoms with Crippen LogP contribution in [0.3, 0.4) is 0 Å². The van der Waals surface area contributed by atoms with E-state index in [1.54, 1.807) is 13.0 Å². The Morgan fingerprint density at radius 2 is 2.12 bits per heavy atom. The molecular formula is C10H14FNO3S. The smallest absolute Gasteiger partial charge is 0.237 e. The highest BCUT2D eigenvalue weighted by molar-refractivity contribution is 7.93. The largest absolute Gasteiger partial charge is 0.395 e. The van der Waals surface area contributed by atoms with E-state index in [0.29, 0.717) is 5.56 Å². The molecule has 2 N–H and O–H groups in total. The molecule has 0 aliphatic carbocycles. The van der Waals surface area contributed by atoms with Gasteiger partial charge < -0.3 is 5.11 Å². The van der Waals surface area contributed by atoms with E-state index >= 15 is 0 Å². The number of halogens is 1. The fraction of sp³-hybridized carbons (Fsp3) is 0.400. The van der Waals surface area contributed by atoms with Crippen molar-refractivity contribution in [3.05, 3.63) is 29.6 Å². The van der Waals surface area contributed by atoms with Gasteiger partial charge in [0.1, 0.15) is 11.1 Å². The predicted molar refractivity (Wildman–Crippen MR) is 60.2 cm³/mol. The van der Waals surface area contributed by atoms with Gasteiger partial charge in [-0.3, -0.25) is 4.72 Å². The first-order valence-corrected chi connectivity index (χ1v) is 6.30. The summed E-state index contributed by atoms with van der Waals surface area (Å²) in [5.74, 6) is -0.631. The van der Waals surface area contributed by atoms with Gasteiger partial charge in [0.15, 0.2) is 0 Å². The first-order chi connectivity index (χ1) is 7.36. The summed E-state index contributed by atoms with van der Waals surface area (Å²) < 4.78 is 38.5. The van der Waals surface area contributed by atoms with Crippen LogP contribution in [-0.4, -0.2) is 25.4 Å². The van der Waals surface area contributed by atoms with E-state index in [2.05, 4.69) is 4.72 Å². The van der Waals surface area contributed by atoms with Gasteiger partial charge in [0.2, 0.25) is 10.0 Å². The first kappa shape index (κ1) is 12.9. The van der Waals surface area contributed by atoms with Gasteiger partial charge in [-0.25, -0.2) is 12.8 Å². The lowest BCUT2D eigenvalue weighted by Crippen LogP contribution is -2.28. The van der Waals surface area contributed by atoms with Crippen LogP contribution in [0, 0.1) is 12.7 Å². The van der Waals surface area contributed by atoms with E-state index in [4.69, 9.17) is 5.11 Å².